The molecule has 7 heteroatoms. The molecule has 0 saturated carbocycles. The Morgan fingerprint density at radius 1 is 1.26 bits per heavy atom. The molecular weight excluding hydrogens is 344 g/mol. The van der Waals surface area contributed by atoms with E-state index < -0.39 is 0 Å². The molecule has 1 N–H and O–H groups in total. The molecule has 0 bridgehead atoms. The number of hydrogen-bond acceptors (Lipinski definition) is 4. The normalized spacial score (nSPS) is 27.5. The van der Waals surface area contributed by atoms with Gasteiger partial charge in [0.25, 0.3) is 0 Å². The highest BCUT2D eigenvalue weighted by molar-refractivity contribution is 5.81. The van der Waals surface area contributed by atoms with E-state index in [1.807, 2.05) is 28.0 Å². The lowest BCUT2D eigenvalue weighted by molar-refractivity contribution is -0.128. The molecule has 7 nitrogen and oxygen atoms in total. The third-order valence-electron chi connectivity index (χ3n) is 5.91. The van der Waals surface area contributed by atoms with Crippen molar-refractivity contribution < 1.29 is 14.3 Å². The summed E-state index contributed by atoms with van der Waals surface area (Å²) >= 11 is 0. The molecule has 27 heavy (non-hydrogen) atoms. The molecule has 1 aromatic rings. The monoisotopic (exact) mass is 372 g/mol. The summed E-state index contributed by atoms with van der Waals surface area (Å²) in [7, 11) is 0. The highest BCUT2D eigenvalue weighted by Gasteiger charge is 2.45. The van der Waals surface area contributed by atoms with E-state index in [2.05, 4.69) is 10.3 Å². The maximum atomic E-state index is 13.0. The second-order valence-electron chi connectivity index (χ2n) is 7.69. The van der Waals surface area contributed by atoms with Gasteiger partial charge in [-0.05, 0) is 37.8 Å². The summed E-state index contributed by atoms with van der Waals surface area (Å²) in [6.45, 7) is 3.38. The fraction of sp³-hybridized carbons (Fsp3) is 0.650. The molecule has 3 saturated heterocycles. The van der Waals surface area contributed by atoms with Crippen molar-refractivity contribution in [1.82, 2.24) is 20.1 Å². The van der Waals surface area contributed by atoms with Crippen LogP contribution < -0.4 is 5.32 Å². The van der Waals surface area contributed by atoms with Crippen molar-refractivity contribution in [3.05, 3.63) is 30.1 Å². The van der Waals surface area contributed by atoms with Gasteiger partial charge in [-0.25, -0.2) is 4.79 Å². The SMILES string of the molecule is O=C(NCCc1ccccn1)[C@H]1C[C@H]2OCC[C@H]2N(C(=O)N2CCCC2)C1. The Morgan fingerprint density at radius 3 is 2.89 bits per heavy atom. The van der Waals surface area contributed by atoms with E-state index in [0.29, 0.717) is 32.5 Å². The van der Waals surface area contributed by atoms with Crippen LogP contribution in [-0.4, -0.2) is 71.7 Å². The van der Waals surface area contributed by atoms with Crippen LogP contribution in [0.2, 0.25) is 0 Å². The Bertz CT molecular complexity index is 662. The minimum Gasteiger partial charge on any atom is -0.376 e. The van der Waals surface area contributed by atoms with Gasteiger partial charge in [0, 0.05) is 51.1 Å². The standard InChI is InChI=1S/C20H28N4O3/c25-19(22-9-6-16-5-1-2-8-21-16)15-13-18-17(7-12-27-18)24(14-15)20(26)23-10-3-4-11-23/h1-2,5,8,15,17-18H,3-4,6-7,9-14H2,(H,22,25)/t15-,17+,18+/m0/s1. The highest BCUT2D eigenvalue weighted by atomic mass is 16.5. The quantitative estimate of drug-likeness (QED) is 0.868. The number of aromatic nitrogens is 1. The summed E-state index contributed by atoms with van der Waals surface area (Å²) in [5.74, 6) is -0.196. The molecule has 4 rings (SSSR count). The van der Waals surface area contributed by atoms with Gasteiger partial charge in [-0.15, -0.1) is 0 Å². The van der Waals surface area contributed by atoms with E-state index >= 15 is 0 Å². The zero-order chi connectivity index (χ0) is 18.6. The number of rotatable bonds is 4. The molecule has 1 aromatic heterocycles. The number of nitrogens with one attached hydrogen (secondary N) is 1. The minimum atomic E-state index is -0.209. The fourth-order valence-electron chi connectivity index (χ4n) is 4.45. The molecule has 3 fully saturated rings. The maximum absolute atomic E-state index is 13.0. The summed E-state index contributed by atoms with van der Waals surface area (Å²) in [6.07, 6.45) is 6.17. The number of hydrogen-bond donors (Lipinski definition) is 1. The third kappa shape index (κ3) is 4.08. The Hall–Kier alpha value is -2.15. The van der Waals surface area contributed by atoms with Crippen molar-refractivity contribution in [1.29, 1.82) is 0 Å². The van der Waals surface area contributed by atoms with E-state index in [9.17, 15) is 9.59 Å². The summed E-state index contributed by atoms with van der Waals surface area (Å²) in [5, 5.41) is 3.02. The Morgan fingerprint density at radius 2 is 2.11 bits per heavy atom. The average Bonchev–Trinajstić information content (AvgIpc) is 3.39. The molecule has 3 aliphatic heterocycles. The van der Waals surface area contributed by atoms with Crippen molar-refractivity contribution in [2.75, 3.05) is 32.8 Å². The van der Waals surface area contributed by atoms with Gasteiger partial charge in [0.05, 0.1) is 18.1 Å². The molecule has 3 amide bonds. The molecule has 0 radical (unpaired) electrons. The molecule has 146 valence electrons. The van der Waals surface area contributed by atoms with Crippen LogP contribution in [0.4, 0.5) is 4.79 Å². The number of carbonyl (C=O) groups is 2. The number of piperidine rings is 1. The highest BCUT2D eigenvalue weighted by Crippen LogP contribution is 2.32. The van der Waals surface area contributed by atoms with Crippen LogP contribution in [0.25, 0.3) is 0 Å². The lowest BCUT2D eigenvalue weighted by Gasteiger charge is -2.41. The van der Waals surface area contributed by atoms with Crippen molar-refractivity contribution in [2.24, 2.45) is 5.92 Å². The molecule has 3 atom stereocenters. The van der Waals surface area contributed by atoms with E-state index in [4.69, 9.17) is 4.74 Å². The molecule has 3 aliphatic rings. The van der Waals surface area contributed by atoms with Crippen LogP contribution in [0, 0.1) is 5.92 Å². The first-order valence-electron chi connectivity index (χ1n) is 10.1. The Kier molecular flexibility index (Phi) is 5.57. The van der Waals surface area contributed by atoms with E-state index in [-0.39, 0.29) is 30.0 Å². The zero-order valence-electron chi connectivity index (χ0n) is 15.7. The summed E-state index contributed by atoms with van der Waals surface area (Å²) in [4.78, 5) is 33.8. The molecule has 0 aliphatic carbocycles. The zero-order valence-corrected chi connectivity index (χ0v) is 15.7. The molecule has 4 heterocycles. The number of likely N-dealkylation sites (tertiary alicyclic amines) is 2. The summed E-state index contributed by atoms with van der Waals surface area (Å²) in [5.41, 5.74) is 0.964. The van der Waals surface area contributed by atoms with Crippen molar-refractivity contribution in [2.45, 2.75) is 44.2 Å². The molecule has 0 unspecified atom stereocenters. The first-order chi connectivity index (χ1) is 13.2. The number of urea groups is 1. The molecule has 0 spiro atoms. The summed E-state index contributed by atoms with van der Waals surface area (Å²) < 4.78 is 5.85. The maximum Gasteiger partial charge on any atom is 0.320 e. The average molecular weight is 372 g/mol. The van der Waals surface area contributed by atoms with Gasteiger partial charge in [-0.1, -0.05) is 6.07 Å². The second kappa shape index (κ2) is 8.25. The van der Waals surface area contributed by atoms with E-state index in [1.54, 1.807) is 6.20 Å². The van der Waals surface area contributed by atoms with E-state index in [1.165, 1.54) is 0 Å². The van der Waals surface area contributed by atoms with Crippen LogP contribution in [-0.2, 0) is 16.0 Å². The number of pyridine rings is 1. The first kappa shape index (κ1) is 18.2. The van der Waals surface area contributed by atoms with Gasteiger partial charge >= 0.3 is 6.03 Å². The topological polar surface area (TPSA) is 74.8 Å². The Labute approximate surface area is 160 Å². The number of carbonyl (C=O) groups excluding carboxylic acids is 2. The largest absolute Gasteiger partial charge is 0.376 e. The van der Waals surface area contributed by atoms with Gasteiger partial charge in [-0.3, -0.25) is 9.78 Å². The number of amides is 3. The van der Waals surface area contributed by atoms with Gasteiger partial charge in [0.1, 0.15) is 0 Å². The minimum absolute atomic E-state index is 0.0131. The van der Waals surface area contributed by atoms with Crippen LogP contribution in [0.1, 0.15) is 31.4 Å². The van der Waals surface area contributed by atoms with Gasteiger partial charge < -0.3 is 19.9 Å². The van der Waals surface area contributed by atoms with Gasteiger partial charge in [0.2, 0.25) is 5.91 Å². The van der Waals surface area contributed by atoms with Gasteiger partial charge in [-0.2, -0.15) is 0 Å². The Balaban J connectivity index is 1.35. The van der Waals surface area contributed by atoms with Crippen LogP contribution in [0.15, 0.2) is 24.4 Å². The lowest BCUT2D eigenvalue weighted by Crippen LogP contribution is -2.57. The second-order valence-corrected chi connectivity index (χ2v) is 7.69. The number of nitrogens with zero attached hydrogens (tertiary/aromatic N) is 3. The van der Waals surface area contributed by atoms with Crippen LogP contribution in [0.3, 0.4) is 0 Å². The number of ether oxygens (including phenoxy) is 1. The van der Waals surface area contributed by atoms with Crippen molar-refractivity contribution in [3.63, 3.8) is 0 Å². The lowest BCUT2D eigenvalue weighted by atomic mass is 9.89. The van der Waals surface area contributed by atoms with E-state index in [0.717, 1.165) is 38.0 Å². The summed E-state index contributed by atoms with van der Waals surface area (Å²) in [6, 6.07) is 5.99. The van der Waals surface area contributed by atoms with Crippen molar-refractivity contribution >= 4 is 11.9 Å². The molecule has 0 aromatic carbocycles. The van der Waals surface area contributed by atoms with Crippen LogP contribution in [0.5, 0.6) is 0 Å². The molecular formula is C20H28N4O3. The van der Waals surface area contributed by atoms with Crippen molar-refractivity contribution in [3.8, 4) is 0 Å². The smallest absolute Gasteiger partial charge is 0.320 e. The first-order valence-corrected chi connectivity index (χ1v) is 10.1. The van der Waals surface area contributed by atoms with Crippen LogP contribution >= 0.6 is 0 Å². The predicted molar refractivity (Wildman–Crippen MR) is 100 cm³/mol. The predicted octanol–water partition coefficient (Wildman–Crippen LogP) is 1.44. The fourth-order valence-corrected chi connectivity index (χ4v) is 4.45. The number of fused-ring (bicyclic) bond motifs is 1. The third-order valence-corrected chi connectivity index (χ3v) is 5.91. The van der Waals surface area contributed by atoms with Gasteiger partial charge in [0.15, 0.2) is 0 Å².